The number of likely N-dealkylation sites (N-methyl/N-ethyl adjacent to an activating group) is 1. The minimum absolute atomic E-state index is 0.0787. The van der Waals surface area contributed by atoms with Crippen molar-refractivity contribution in [2.45, 2.75) is 13.8 Å². The monoisotopic (exact) mass is 457 g/mol. The van der Waals surface area contributed by atoms with E-state index in [0.717, 1.165) is 6.54 Å². The van der Waals surface area contributed by atoms with Gasteiger partial charge in [0.05, 0.1) is 18.1 Å². The zero-order valence-electron chi connectivity index (χ0n) is 18.2. The van der Waals surface area contributed by atoms with Crippen molar-refractivity contribution in [1.29, 1.82) is 0 Å². The van der Waals surface area contributed by atoms with E-state index in [1.54, 1.807) is 40.2 Å². The van der Waals surface area contributed by atoms with Crippen molar-refractivity contribution in [3.05, 3.63) is 58.5 Å². The fourth-order valence-corrected chi connectivity index (χ4v) is 3.26. The number of amides is 1. The van der Waals surface area contributed by atoms with Crippen LogP contribution in [0.25, 0.3) is 0 Å². The molecule has 1 aliphatic heterocycles. The molecule has 0 aromatic heterocycles. The zero-order valence-corrected chi connectivity index (χ0v) is 19.1. The molecule has 1 aliphatic rings. The van der Waals surface area contributed by atoms with Gasteiger partial charge in [0, 0.05) is 46.0 Å². The van der Waals surface area contributed by atoms with Crippen molar-refractivity contribution < 1.29 is 32.6 Å². The first kappa shape index (κ1) is 26.2. The highest BCUT2D eigenvalue weighted by Crippen LogP contribution is 2.49. The van der Waals surface area contributed by atoms with Gasteiger partial charge in [-0.3, -0.25) is 19.2 Å². The van der Waals surface area contributed by atoms with Crippen molar-refractivity contribution in [2.24, 2.45) is 0 Å². The van der Waals surface area contributed by atoms with E-state index in [2.05, 4.69) is 0 Å². The number of carbonyl (C=O) groups is 1. The van der Waals surface area contributed by atoms with E-state index < -0.39 is 12.7 Å². The molecule has 0 saturated heterocycles. The van der Waals surface area contributed by atoms with Gasteiger partial charge in [0.25, 0.3) is 5.69 Å². The fourth-order valence-electron chi connectivity index (χ4n) is 2.06. The Morgan fingerprint density at radius 3 is 2.23 bits per heavy atom. The van der Waals surface area contributed by atoms with E-state index in [4.69, 9.17) is 18.3 Å². The Morgan fingerprint density at radius 2 is 1.77 bits per heavy atom. The second-order valence-corrected chi connectivity index (χ2v) is 7.85. The van der Waals surface area contributed by atoms with Gasteiger partial charge in [0.15, 0.2) is 0 Å². The lowest BCUT2D eigenvalue weighted by Gasteiger charge is -2.18. The molecule has 0 aliphatic carbocycles. The molecule has 0 spiro atoms. The first-order valence-corrected chi connectivity index (χ1v) is 10.9. The third-order valence-corrected chi connectivity index (χ3v) is 5.02. The number of ether oxygens (including phenoxy) is 1. The number of rotatable bonds is 8. The summed E-state index contributed by atoms with van der Waals surface area (Å²) in [4.78, 5) is 24.4. The molecule has 1 heterocycles. The molecule has 1 aromatic rings. The number of benzene rings is 1. The summed E-state index contributed by atoms with van der Waals surface area (Å²) >= 11 is 0. The summed E-state index contributed by atoms with van der Waals surface area (Å²) in [6.45, 7) is 4.51. The molecule has 172 valence electrons. The highest BCUT2D eigenvalue weighted by Gasteiger charge is 2.27. The van der Waals surface area contributed by atoms with Crippen LogP contribution in [0.15, 0.2) is 48.4 Å². The maximum absolute atomic E-state index is 12.0. The van der Waals surface area contributed by atoms with Crippen LogP contribution in [0.3, 0.4) is 0 Å². The van der Waals surface area contributed by atoms with Gasteiger partial charge in [-0.15, -0.1) is 0 Å². The van der Waals surface area contributed by atoms with Crippen LogP contribution in [0, 0.1) is 10.1 Å². The van der Waals surface area contributed by atoms with E-state index in [0.29, 0.717) is 5.76 Å². The average Bonchev–Trinajstić information content (AvgIpc) is 2.69. The molecular weight excluding hydrogens is 429 g/mol. The number of nitrogens with zero attached hydrogens (tertiary/aromatic N) is 3. The Labute approximate surface area is 181 Å². The van der Waals surface area contributed by atoms with Gasteiger partial charge < -0.3 is 19.1 Å². The first-order chi connectivity index (χ1) is 14.6. The molecule has 1 aromatic carbocycles. The lowest BCUT2D eigenvalue weighted by atomic mass is 10.3. The topological polar surface area (TPSA) is 121 Å². The maximum atomic E-state index is 12.0. The molecule has 0 bridgehead atoms. The van der Waals surface area contributed by atoms with Crippen LogP contribution in [0.1, 0.15) is 13.8 Å². The van der Waals surface area contributed by atoms with Crippen LogP contribution in [0.4, 0.5) is 10.5 Å². The van der Waals surface area contributed by atoms with Crippen molar-refractivity contribution in [1.82, 2.24) is 9.80 Å². The van der Waals surface area contributed by atoms with Crippen molar-refractivity contribution in [2.75, 3.05) is 40.9 Å². The van der Waals surface area contributed by atoms with Crippen LogP contribution >= 0.6 is 7.82 Å². The van der Waals surface area contributed by atoms with Crippen LogP contribution in [-0.2, 0) is 18.3 Å². The largest absolute Gasteiger partial charge is 0.530 e. The second-order valence-electron chi connectivity index (χ2n) is 6.26. The number of nitro groups is 1. The highest BCUT2D eigenvalue weighted by molar-refractivity contribution is 7.48. The van der Waals surface area contributed by atoms with Crippen LogP contribution in [0.5, 0.6) is 5.75 Å². The van der Waals surface area contributed by atoms with E-state index in [1.165, 1.54) is 29.2 Å². The Hall–Kier alpha value is -2.88. The highest BCUT2D eigenvalue weighted by atomic mass is 31.2. The molecule has 0 saturated carbocycles. The summed E-state index contributed by atoms with van der Waals surface area (Å²) in [6, 6.07) is 5.17. The Balaban J connectivity index is 0.000000327. The molecule has 0 fully saturated rings. The predicted molar refractivity (Wildman–Crippen MR) is 115 cm³/mol. The van der Waals surface area contributed by atoms with E-state index >= 15 is 0 Å². The van der Waals surface area contributed by atoms with Crippen LogP contribution < -0.4 is 4.52 Å². The molecule has 11 nitrogen and oxygen atoms in total. The number of nitro benzene ring substituents is 1. The molecule has 1 amide bonds. The second kappa shape index (κ2) is 12.7. The number of hydrogen-bond acceptors (Lipinski definition) is 9. The Bertz CT molecular complexity index is 829. The lowest BCUT2D eigenvalue weighted by molar-refractivity contribution is -0.384. The van der Waals surface area contributed by atoms with Gasteiger partial charge in [-0.25, -0.2) is 9.36 Å². The fraction of sp³-hybridized carbons (Fsp3) is 0.421. The maximum Gasteiger partial charge on any atom is 0.530 e. The van der Waals surface area contributed by atoms with E-state index in [1.807, 2.05) is 18.0 Å². The normalized spacial score (nSPS) is 12.9. The van der Waals surface area contributed by atoms with E-state index in [-0.39, 0.29) is 30.7 Å². The third kappa shape index (κ3) is 9.65. The van der Waals surface area contributed by atoms with Gasteiger partial charge in [-0.05, 0) is 32.1 Å². The van der Waals surface area contributed by atoms with E-state index in [9.17, 15) is 19.5 Å². The summed E-state index contributed by atoms with van der Waals surface area (Å²) in [6.07, 6.45) is 5.17. The lowest BCUT2D eigenvalue weighted by Crippen LogP contribution is -2.24. The standard InChI is InChI=1S/C10H14NO6P.C9H14N2O2/c1-3-15-18(14,16-4-2)17-10-7-5-9(6-8-10)11(12)13;1-10(2)9(12)13-8-5-4-6-11(3)7-8/h5-8H,3-4H2,1-2H3;4-5,7H,6H2,1-3H3. The number of non-ortho nitro benzene ring substituents is 1. The summed E-state index contributed by atoms with van der Waals surface area (Å²) in [7, 11) is 1.58. The molecular formula is C19H28N3O8P. The predicted octanol–water partition coefficient (Wildman–Crippen LogP) is 4.18. The van der Waals surface area contributed by atoms with Gasteiger partial charge >= 0.3 is 13.9 Å². The van der Waals surface area contributed by atoms with Gasteiger partial charge in [-0.1, -0.05) is 6.08 Å². The summed E-state index contributed by atoms with van der Waals surface area (Å²) < 4.78 is 32.0. The number of allylic oxidation sites excluding steroid dienone is 1. The quantitative estimate of drug-likeness (QED) is 0.321. The molecule has 0 N–H and O–H groups in total. The number of phosphoric ester groups is 1. The minimum Gasteiger partial charge on any atom is -0.409 e. The van der Waals surface area contributed by atoms with Crippen LogP contribution in [-0.4, -0.2) is 61.7 Å². The number of phosphoric acid groups is 1. The third-order valence-electron chi connectivity index (χ3n) is 3.43. The number of hydrogen-bond donors (Lipinski definition) is 0. The molecule has 31 heavy (non-hydrogen) atoms. The van der Waals surface area contributed by atoms with Crippen molar-refractivity contribution >= 4 is 19.6 Å². The van der Waals surface area contributed by atoms with Crippen molar-refractivity contribution in [3.63, 3.8) is 0 Å². The van der Waals surface area contributed by atoms with Crippen LogP contribution in [0.2, 0.25) is 0 Å². The first-order valence-electron chi connectivity index (χ1n) is 9.41. The Kier molecular flexibility index (Phi) is 10.7. The summed E-state index contributed by atoms with van der Waals surface area (Å²) in [5.41, 5.74) is -0.0787. The SMILES string of the molecule is CCOP(=O)(OCC)Oc1ccc([N+](=O)[O-])cc1.CN1C=C(OC(=O)N(C)C)C=CC1. The zero-order chi connectivity index (χ0) is 23.4. The minimum atomic E-state index is -3.65. The molecule has 0 atom stereocenters. The van der Waals surface area contributed by atoms with Crippen molar-refractivity contribution in [3.8, 4) is 5.75 Å². The van der Waals surface area contributed by atoms with Gasteiger partial charge in [0.1, 0.15) is 11.5 Å². The molecule has 0 unspecified atom stereocenters. The van der Waals surface area contributed by atoms with Gasteiger partial charge in [-0.2, -0.15) is 0 Å². The summed E-state index contributed by atoms with van der Waals surface area (Å²) in [5.74, 6) is 0.762. The molecule has 12 heteroatoms. The Morgan fingerprint density at radius 1 is 1.19 bits per heavy atom. The van der Waals surface area contributed by atoms with Gasteiger partial charge in [0.2, 0.25) is 0 Å². The smallest absolute Gasteiger partial charge is 0.409 e. The average molecular weight is 457 g/mol. The summed E-state index contributed by atoms with van der Waals surface area (Å²) in [5, 5.41) is 10.5. The number of carbonyl (C=O) groups excluding carboxylic acids is 1. The molecule has 2 rings (SSSR count). The molecule has 0 radical (unpaired) electrons.